The van der Waals surface area contributed by atoms with E-state index in [2.05, 4.69) is 9.46 Å². The maximum absolute atomic E-state index is 12.6. The fourth-order valence-corrected chi connectivity index (χ4v) is 3.96. The largest absolute Gasteiger partial charge is 0.490 e. The minimum absolute atomic E-state index is 0.00131. The van der Waals surface area contributed by atoms with Crippen molar-refractivity contribution in [3.05, 3.63) is 34.5 Å². The second-order valence-electron chi connectivity index (χ2n) is 4.74. The van der Waals surface area contributed by atoms with Crippen LogP contribution in [0.4, 0.5) is 5.69 Å². The predicted octanol–water partition coefficient (Wildman–Crippen LogP) is 3.13. The number of anilines is 1. The van der Waals surface area contributed by atoms with Crippen LogP contribution in [0.5, 0.6) is 11.5 Å². The Morgan fingerprint density at radius 2 is 1.80 bits per heavy atom. The van der Waals surface area contributed by atoms with Crippen molar-refractivity contribution in [3.63, 3.8) is 0 Å². The number of hydrogen-bond acceptors (Lipinski definition) is 7. The van der Waals surface area contributed by atoms with E-state index >= 15 is 0 Å². The molecule has 0 fully saturated rings. The van der Waals surface area contributed by atoms with Crippen LogP contribution in [0.1, 0.15) is 23.5 Å². The highest BCUT2D eigenvalue weighted by molar-refractivity contribution is 7.92. The molecule has 9 heteroatoms. The van der Waals surface area contributed by atoms with Gasteiger partial charge in [-0.3, -0.25) is 4.72 Å². The molecule has 0 aliphatic carbocycles. The fourth-order valence-electron chi connectivity index (χ4n) is 2.04. The van der Waals surface area contributed by atoms with E-state index in [0.717, 1.165) is 11.3 Å². The maximum atomic E-state index is 12.6. The first kappa shape index (κ1) is 19.1. The number of benzene rings is 1. The van der Waals surface area contributed by atoms with Gasteiger partial charge in [0.05, 0.1) is 30.9 Å². The molecule has 0 saturated carbocycles. The molecule has 7 nitrogen and oxygen atoms in total. The van der Waals surface area contributed by atoms with Crippen LogP contribution in [0.3, 0.4) is 0 Å². The number of hydrogen-bond donors (Lipinski definition) is 1. The summed E-state index contributed by atoms with van der Waals surface area (Å²) in [5, 5.41) is 1.61. The summed E-state index contributed by atoms with van der Waals surface area (Å²) in [7, 11) is -2.67. The lowest BCUT2D eigenvalue weighted by Gasteiger charge is -2.13. The molecule has 136 valence electrons. The van der Waals surface area contributed by atoms with Crippen LogP contribution in [-0.2, 0) is 14.8 Å². The zero-order chi connectivity index (χ0) is 18.4. The Labute approximate surface area is 150 Å². The number of nitrogens with one attached hydrogen (secondary N) is 1. The zero-order valence-corrected chi connectivity index (χ0v) is 15.7. The second kappa shape index (κ2) is 8.21. The molecule has 0 spiro atoms. The molecule has 0 aliphatic heterocycles. The van der Waals surface area contributed by atoms with E-state index in [1.54, 1.807) is 12.3 Å². The summed E-state index contributed by atoms with van der Waals surface area (Å²) >= 11 is 1.09. The highest BCUT2D eigenvalue weighted by atomic mass is 32.2. The quantitative estimate of drug-likeness (QED) is 0.702. The Balaban J connectivity index is 2.35. The average molecular weight is 385 g/mol. The summed E-state index contributed by atoms with van der Waals surface area (Å²) in [6.45, 7) is 4.42. The van der Waals surface area contributed by atoms with Crippen molar-refractivity contribution in [2.75, 3.05) is 25.0 Å². The van der Waals surface area contributed by atoms with Gasteiger partial charge in [-0.05, 0) is 37.4 Å². The molecule has 0 unspecified atom stereocenters. The van der Waals surface area contributed by atoms with Gasteiger partial charge in [0.2, 0.25) is 0 Å². The SMILES string of the molecule is CCOc1ccc(S(=O)(=O)Nc2ccsc2C(=O)OC)cc1OCC. The molecule has 1 aromatic carbocycles. The monoisotopic (exact) mass is 385 g/mol. The zero-order valence-electron chi connectivity index (χ0n) is 14.1. The first-order chi connectivity index (χ1) is 11.9. The highest BCUT2D eigenvalue weighted by Crippen LogP contribution is 2.32. The van der Waals surface area contributed by atoms with E-state index in [0.29, 0.717) is 24.7 Å². The van der Waals surface area contributed by atoms with Crippen LogP contribution in [-0.4, -0.2) is 34.7 Å². The summed E-state index contributed by atoms with van der Waals surface area (Å²) < 4.78 is 43.2. The van der Waals surface area contributed by atoms with Crippen LogP contribution < -0.4 is 14.2 Å². The molecule has 1 aromatic heterocycles. The molecule has 0 radical (unpaired) electrons. The Bertz CT molecular complexity index is 844. The molecule has 25 heavy (non-hydrogen) atoms. The molecule has 1 heterocycles. The Morgan fingerprint density at radius 1 is 1.12 bits per heavy atom. The second-order valence-corrected chi connectivity index (χ2v) is 7.33. The van der Waals surface area contributed by atoms with Crippen molar-refractivity contribution in [2.45, 2.75) is 18.7 Å². The van der Waals surface area contributed by atoms with Gasteiger partial charge in [0, 0.05) is 6.07 Å². The molecule has 0 bridgehead atoms. The lowest BCUT2D eigenvalue weighted by atomic mass is 10.3. The Morgan fingerprint density at radius 3 is 2.44 bits per heavy atom. The maximum Gasteiger partial charge on any atom is 0.350 e. The third-order valence-corrected chi connectivity index (χ3v) is 5.36. The number of carbonyl (C=O) groups excluding carboxylic acids is 1. The first-order valence-corrected chi connectivity index (χ1v) is 9.87. The smallest absolute Gasteiger partial charge is 0.350 e. The molecule has 2 rings (SSSR count). The lowest BCUT2D eigenvalue weighted by molar-refractivity contribution is 0.0607. The van der Waals surface area contributed by atoms with Crippen LogP contribution in [0, 0.1) is 0 Å². The summed E-state index contributed by atoms with van der Waals surface area (Å²) in [5.74, 6) is 0.203. The molecule has 0 amide bonds. The third-order valence-electron chi connectivity index (χ3n) is 3.11. The Kier molecular flexibility index (Phi) is 6.27. The first-order valence-electron chi connectivity index (χ1n) is 7.51. The van der Waals surface area contributed by atoms with Crippen LogP contribution >= 0.6 is 11.3 Å². The number of sulfonamides is 1. The fraction of sp³-hybridized carbons (Fsp3) is 0.312. The number of esters is 1. The van der Waals surface area contributed by atoms with E-state index in [9.17, 15) is 13.2 Å². The molecule has 1 N–H and O–H groups in total. The molecule has 0 atom stereocenters. The number of ether oxygens (including phenoxy) is 3. The summed E-state index contributed by atoms with van der Waals surface area (Å²) in [6.07, 6.45) is 0. The predicted molar refractivity (Wildman–Crippen MR) is 95.2 cm³/mol. The summed E-state index contributed by atoms with van der Waals surface area (Å²) in [6, 6.07) is 5.85. The van der Waals surface area contributed by atoms with Crippen molar-refractivity contribution >= 4 is 33.0 Å². The van der Waals surface area contributed by atoms with Gasteiger partial charge in [-0.15, -0.1) is 11.3 Å². The number of thiophene rings is 1. The molecule has 0 aliphatic rings. The van der Waals surface area contributed by atoms with E-state index in [1.807, 2.05) is 6.92 Å². The van der Waals surface area contributed by atoms with Crippen molar-refractivity contribution in [1.29, 1.82) is 0 Å². The number of rotatable bonds is 8. The molecule has 0 saturated heterocycles. The average Bonchev–Trinajstić information content (AvgIpc) is 3.03. The number of carbonyl (C=O) groups is 1. The molecular weight excluding hydrogens is 366 g/mol. The van der Waals surface area contributed by atoms with Gasteiger partial charge < -0.3 is 14.2 Å². The van der Waals surface area contributed by atoms with Crippen LogP contribution in [0.2, 0.25) is 0 Å². The van der Waals surface area contributed by atoms with E-state index in [1.165, 1.54) is 31.4 Å². The lowest BCUT2D eigenvalue weighted by Crippen LogP contribution is -2.15. The van der Waals surface area contributed by atoms with E-state index < -0.39 is 16.0 Å². The van der Waals surface area contributed by atoms with Crippen molar-refractivity contribution in [1.82, 2.24) is 0 Å². The van der Waals surface area contributed by atoms with Crippen LogP contribution in [0.15, 0.2) is 34.5 Å². The van der Waals surface area contributed by atoms with Crippen molar-refractivity contribution in [3.8, 4) is 11.5 Å². The van der Waals surface area contributed by atoms with Gasteiger partial charge in [0.15, 0.2) is 11.5 Å². The standard InChI is InChI=1S/C16H19NO6S2/c1-4-22-13-7-6-11(10-14(13)23-5-2)25(19,20)17-12-8-9-24-15(12)16(18)21-3/h6-10,17H,4-5H2,1-3H3. The number of methoxy groups -OCH3 is 1. The highest BCUT2D eigenvalue weighted by Gasteiger charge is 2.22. The molecular formula is C16H19NO6S2. The van der Waals surface area contributed by atoms with E-state index in [4.69, 9.17) is 9.47 Å². The van der Waals surface area contributed by atoms with Gasteiger partial charge in [-0.25, -0.2) is 13.2 Å². The van der Waals surface area contributed by atoms with Gasteiger partial charge in [-0.1, -0.05) is 0 Å². The van der Waals surface area contributed by atoms with Crippen LogP contribution in [0.25, 0.3) is 0 Å². The van der Waals surface area contributed by atoms with Gasteiger partial charge in [0.1, 0.15) is 4.88 Å². The van der Waals surface area contributed by atoms with Gasteiger partial charge in [0.25, 0.3) is 10.0 Å². The third kappa shape index (κ3) is 4.43. The van der Waals surface area contributed by atoms with Gasteiger partial charge >= 0.3 is 5.97 Å². The normalized spacial score (nSPS) is 11.0. The summed E-state index contributed by atoms with van der Waals surface area (Å²) in [5.41, 5.74) is 0.170. The minimum Gasteiger partial charge on any atom is -0.490 e. The minimum atomic E-state index is -3.91. The van der Waals surface area contributed by atoms with Gasteiger partial charge in [-0.2, -0.15) is 0 Å². The molecule has 2 aromatic rings. The summed E-state index contributed by atoms with van der Waals surface area (Å²) in [4.78, 5) is 11.9. The topological polar surface area (TPSA) is 90.9 Å². The van der Waals surface area contributed by atoms with Crippen molar-refractivity contribution < 1.29 is 27.4 Å². The van der Waals surface area contributed by atoms with E-state index in [-0.39, 0.29) is 15.5 Å². The van der Waals surface area contributed by atoms with Crippen molar-refractivity contribution in [2.24, 2.45) is 0 Å². The Hall–Kier alpha value is -2.26.